The minimum atomic E-state index is -3.62. The lowest BCUT2D eigenvalue weighted by atomic mass is 10.0. The van der Waals surface area contributed by atoms with E-state index in [0.717, 1.165) is 16.9 Å². The van der Waals surface area contributed by atoms with Crippen molar-refractivity contribution in [2.24, 2.45) is 5.73 Å². The largest absolute Gasteiger partial charge is 0.389 e. The zero-order valence-corrected chi connectivity index (χ0v) is 14.1. The lowest BCUT2D eigenvalue weighted by Crippen LogP contribution is -2.11. The number of nitrogens with two attached hydrogens (primary N) is 1. The number of rotatable bonds is 5. The Hall–Kier alpha value is -1.44. The summed E-state index contributed by atoms with van der Waals surface area (Å²) in [4.78, 5) is 0.782. The molecule has 0 aliphatic rings. The fourth-order valence-corrected chi connectivity index (χ4v) is 4.16. The molecule has 4 nitrogen and oxygen atoms in total. The molecule has 0 saturated carbocycles. The predicted octanol–water partition coefficient (Wildman–Crippen LogP) is 3.31. The maximum Gasteiger partial charge on any atom is 0.271 e. The summed E-state index contributed by atoms with van der Waals surface area (Å²) in [6.45, 7) is 4.11. The summed E-state index contributed by atoms with van der Waals surface area (Å²) in [6.07, 6.45) is 0. The van der Waals surface area contributed by atoms with Crippen LogP contribution in [0, 0.1) is 0 Å². The molecule has 0 unspecified atom stereocenters. The Kier molecular flexibility index (Phi) is 4.65. The van der Waals surface area contributed by atoms with Crippen molar-refractivity contribution in [3.8, 4) is 0 Å². The molecule has 0 fully saturated rings. The summed E-state index contributed by atoms with van der Waals surface area (Å²) in [6, 6.07) is 10.5. The number of sulfonamides is 1. The summed E-state index contributed by atoms with van der Waals surface area (Å²) < 4.78 is 27.4. The summed E-state index contributed by atoms with van der Waals surface area (Å²) >= 11 is 5.91. The first-order valence-corrected chi connectivity index (χ1v) is 9.03. The standard InChI is InChI=1S/C14H16N2O2S3/c1-9(2)10-4-3-5-11(8-10)16-21(17,18)13-7-6-12(20-13)14(15)19/h3-9,16H,1-2H3,(H2,15,19). The summed E-state index contributed by atoms with van der Waals surface area (Å²) in [7, 11) is -3.62. The molecule has 1 aromatic carbocycles. The fraction of sp³-hybridized carbons (Fsp3) is 0.214. The van der Waals surface area contributed by atoms with Crippen LogP contribution in [0.4, 0.5) is 5.69 Å². The average Bonchev–Trinajstić information content (AvgIpc) is 2.89. The molecule has 1 heterocycles. The van der Waals surface area contributed by atoms with Gasteiger partial charge in [0.05, 0.1) is 4.88 Å². The van der Waals surface area contributed by atoms with Gasteiger partial charge in [-0.3, -0.25) is 4.72 Å². The van der Waals surface area contributed by atoms with Gasteiger partial charge in [-0.05, 0) is 35.7 Å². The van der Waals surface area contributed by atoms with Crippen molar-refractivity contribution in [3.05, 3.63) is 46.8 Å². The molecule has 0 saturated heterocycles. The van der Waals surface area contributed by atoms with E-state index in [2.05, 4.69) is 18.6 Å². The zero-order valence-electron chi connectivity index (χ0n) is 11.7. The Morgan fingerprint density at radius 2 is 2.00 bits per heavy atom. The maximum absolute atomic E-state index is 12.3. The predicted molar refractivity (Wildman–Crippen MR) is 91.5 cm³/mol. The van der Waals surface area contributed by atoms with Gasteiger partial charge in [-0.15, -0.1) is 11.3 Å². The van der Waals surface area contributed by atoms with Gasteiger partial charge in [0, 0.05) is 5.69 Å². The van der Waals surface area contributed by atoms with Crippen molar-refractivity contribution >= 4 is 44.3 Å². The van der Waals surface area contributed by atoms with Crippen molar-refractivity contribution in [1.82, 2.24) is 0 Å². The smallest absolute Gasteiger partial charge is 0.271 e. The number of thiocarbonyl (C=S) groups is 1. The molecule has 3 N–H and O–H groups in total. The van der Waals surface area contributed by atoms with Crippen LogP contribution in [-0.2, 0) is 10.0 Å². The van der Waals surface area contributed by atoms with Crippen molar-refractivity contribution in [2.45, 2.75) is 24.0 Å². The van der Waals surface area contributed by atoms with E-state index >= 15 is 0 Å². The van der Waals surface area contributed by atoms with E-state index in [1.54, 1.807) is 12.1 Å². The average molecular weight is 340 g/mol. The van der Waals surface area contributed by atoms with Gasteiger partial charge in [0.2, 0.25) is 0 Å². The lowest BCUT2D eigenvalue weighted by Gasteiger charge is -2.10. The molecule has 7 heteroatoms. The Bertz CT molecular complexity index is 764. The van der Waals surface area contributed by atoms with Crippen LogP contribution in [0.1, 0.15) is 30.2 Å². The van der Waals surface area contributed by atoms with E-state index in [1.807, 2.05) is 18.2 Å². The monoisotopic (exact) mass is 340 g/mol. The second-order valence-corrected chi connectivity index (χ2v) is 8.30. The zero-order chi connectivity index (χ0) is 15.6. The Morgan fingerprint density at radius 3 is 2.57 bits per heavy atom. The van der Waals surface area contributed by atoms with Crippen LogP contribution in [0.25, 0.3) is 0 Å². The first-order chi connectivity index (χ1) is 9.79. The number of hydrogen-bond acceptors (Lipinski definition) is 4. The van der Waals surface area contributed by atoms with Gasteiger partial charge < -0.3 is 5.73 Å². The highest BCUT2D eigenvalue weighted by molar-refractivity contribution is 7.94. The van der Waals surface area contributed by atoms with E-state index < -0.39 is 10.0 Å². The van der Waals surface area contributed by atoms with Gasteiger partial charge in [0.15, 0.2) is 0 Å². The van der Waals surface area contributed by atoms with Crippen molar-refractivity contribution < 1.29 is 8.42 Å². The second kappa shape index (κ2) is 6.13. The summed E-state index contributed by atoms with van der Waals surface area (Å²) in [5.41, 5.74) is 7.12. The third-order valence-corrected chi connectivity index (χ3v) is 6.24. The van der Waals surface area contributed by atoms with E-state index in [4.69, 9.17) is 18.0 Å². The van der Waals surface area contributed by atoms with Gasteiger partial charge in [-0.25, -0.2) is 8.42 Å². The molecule has 1 aromatic heterocycles. The van der Waals surface area contributed by atoms with E-state index in [9.17, 15) is 8.42 Å². The van der Waals surface area contributed by atoms with E-state index in [1.165, 1.54) is 6.07 Å². The highest BCUT2D eigenvalue weighted by Crippen LogP contribution is 2.25. The minimum Gasteiger partial charge on any atom is -0.389 e. The molecular weight excluding hydrogens is 324 g/mol. The van der Waals surface area contributed by atoms with Crippen LogP contribution >= 0.6 is 23.6 Å². The van der Waals surface area contributed by atoms with E-state index in [0.29, 0.717) is 16.5 Å². The van der Waals surface area contributed by atoms with Gasteiger partial charge in [0.1, 0.15) is 9.20 Å². The van der Waals surface area contributed by atoms with Crippen LogP contribution in [0.15, 0.2) is 40.6 Å². The molecule has 0 bridgehead atoms. The summed E-state index contributed by atoms with van der Waals surface area (Å²) in [5.74, 6) is 0.331. The topological polar surface area (TPSA) is 72.2 Å². The van der Waals surface area contributed by atoms with Crippen LogP contribution in [0.2, 0.25) is 0 Å². The highest BCUT2D eigenvalue weighted by Gasteiger charge is 2.18. The third-order valence-electron chi connectivity index (χ3n) is 2.89. The van der Waals surface area contributed by atoms with Gasteiger partial charge in [-0.2, -0.15) is 0 Å². The molecule has 2 aromatic rings. The molecular formula is C14H16N2O2S3. The van der Waals surface area contributed by atoms with E-state index in [-0.39, 0.29) is 9.20 Å². The van der Waals surface area contributed by atoms with Crippen molar-refractivity contribution in [1.29, 1.82) is 0 Å². The molecule has 0 aliphatic heterocycles. The first-order valence-electron chi connectivity index (χ1n) is 6.32. The number of benzene rings is 1. The van der Waals surface area contributed by atoms with Crippen LogP contribution in [0.5, 0.6) is 0 Å². The molecule has 2 rings (SSSR count). The van der Waals surface area contributed by atoms with Crippen LogP contribution < -0.4 is 10.5 Å². The molecule has 0 amide bonds. The molecule has 0 radical (unpaired) electrons. The summed E-state index contributed by atoms with van der Waals surface area (Å²) in [5, 5.41) is 0. The number of hydrogen-bond donors (Lipinski definition) is 2. The molecule has 0 spiro atoms. The third kappa shape index (κ3) is 3.81. The normalized spacial score (nSPS) is 11.6. The molecule has 0 atom stereocenters. The highest BCUT2D eigenvalue weighted by atomic mass is 32.2. The SMILES string of the molecule is CC(C)c1cccc(NS(=O)(=O)c2ccc(C(N)=S)s2)c1. The van der Waals surface area contributed by atoms with Gasteiger partial charge in [0.25, 0.3) is 10.0 Å². The Labute approximate surface area is 134 Å². The maximum atomic E-state index is 12.3. The molecule has 112 valence electrons. The minimum absolute atomic E-state index is 0.195. The quantitative estimate of drug-likeness (QED) is 0.819. The number of thiophene rings is 1. The van der Waals surface area contributed by atoms with Crippen molar-refractivity contribution in [3.63, 3.8) is 0 Å². The Balaban J connectivity index is 2.28. The number of nitrogens with one attached hydrogen (secondary N) is 1. The fourth-order valence-electron chi connectivity index (χ4n) is 1.76. The lowest BCUT2D eigenvalue weighted by molar-refractivity contribution is 0.603. The van der Waals surface area contributed by atoms with Crippen molar-refractivity contribution in [2.75, 3.05) is 4.72 Å². The van der Waals surface area contributed by atoms with Gasteiger partial charge in [-0.1, -0.05) is 38.2 Å². The second-order valence-electron chi connectivity index (χ2n) is 4.87. The van der Waals surface area contributed by atoms with Crippen LogP contribution in [0.3, 0.4) is 0 Å². The number of anilines is 1. The molecule has 0 aliphatic carbocycles. The molecule has 21 heavy (non-hydrogen) atoms. The first kappa shape index (κ1) is 15.9. The van der Waals surface area contributed by atoms with Gasteiger partial charge >= 0.3 is 0 Å². The Morgan fingerprint density at radius 1 is 1.29 bits per heavy atom. The van der Waals surface area contributed by atoms with Crippen LogP contribution in [-0.4, -0.2) is 13.4 Å².